The summed E-state index contributed by atoms with van der Waals surface area (Å²) in [6.45, 7) is 0.717. The first kappa shape index (κ1) is 21.4. The first-order chi connectivity index (χ1) is 10.5. The summed E-state index contributed by atoms with van der Waals surface area (Å²) in [5, 5.41) is 2.88. The molecule has 0 heterocycles. The molecule has 1 aromatic carbocycles. The predicted molar refractivity (Wildman–Crippen MR) is 96.9 cm³/mol. The van der Waals surface area contributed by atoms with E-state index < -0.39 is 0 Å². The molecule has 0 bridgehead atoms. The van der Waals surface area contributed by atoms with Crippen molar-refractivity contribution in [1.82, 2.24) is 4.90 Å². The molecule has 2 amide bonds. The Balaban J connectivity index is 0.00000484. The largest absolute Gasteiger partial charge is 0.349 e. The highest BCUT2D eigenvalue weighted by atomic mass is 35.5. The third kappa shape index (κ3) is 9.21. The van der Waals surface area contributed by atoms with Gasteiger partial charge in [0.15, 0.2) is 0 Å². The van der Waals surface area contributed by atoms with Crippen molar-refractivity contribution in [3.63, 3.8) is 0 Å². The van der Waals surface area contributed by atoms with Gasteiger partial charge in [-0.05, 0) is 37.1 Å². The fourth-order valence-electron chi connectivity index (χ4n) is 2.05. The molecule has 0 saturated carbocycles. The molecule has 0 atom stereocenters. The maximum atomic E-state index is 11.8. The number of nitrogens with two attached hydrogens (primary N) is 1. The van der Waals surface area contributed by atoms with Gasteiger partial charge >= 0.3 is 0 Å². The Hall–Kier alpha value is -1.59. The zero-order chi connectivity index (χ0) is 16.4. The summed E-state index contributed by atoms with van der Waals surface area (Å²) < 4.78 is 0. The fraction of sp³-hybridized carbons (Fsp3) is 0.529. The minimum atomic E-state index is 0. The van der Waals surface area contributed by atoms with Crippen LogP contribution in [0.1, 0.15) is 37.7 Å². The highest BCUT2D eigenvalue weighted by Crippen LogP contribution is 2.12. The zero-order valence-corrected chi connectivity index (χ0v) is 14.8. The number of halogens is 1. The van der Waals surface area contributed by atoms with Gasteiger partial charge in [-0.15, -0.1) is 12.4 Å². The number of nitrogens with one attached hydrogen (secondary N) is 1. The van der Waals surface area contributed by atoms with Crippen LogP contribution in [-0.4, -0.2) is 37.4 Å². The summed E-state index contributed by atoms with van der Waals surface area (Å²) >= 11 is 0. The second-order valence-electron chi connectivity index (χ2n) is 5.66. The average Bonchev–Trinajstić information content (AvgIpc) is 2.49. The number of carbonyl (C=O) groups is 2. The predicted octanol–water partition coefficient (Wildman–Crippen LogP) is 2.59. The Labute approximate surface area is 145 Å². The number of benzene rings is 1. The molecular formula is C17H28ClN3O2. The van der Waals surface area contributed by atoms with E-state index in [2.05, 4.69) is 5.32 Å². The van der Waals surface area contributed by atoms with Crippen molar-refractivity contribution in [1.29, 1.82) is 0 Å². The van der Waals surface area contributed by atoms with Gasteiger partial charge < -0.3 is 16.0 Å². The second kappa shape index (κ2) is 11.9. The van der Waals surface area contributed by atoms with Crippen molar-refractivity contribution in [3.05, 3.63) is 29.8 Å². The lowest BCUT2D eigenvalue weighted by Crippen LogP contribution is -2.23. The van der Waals surface area contributed by atoms with Gasteiger partial charge in [0.2, 0.25) is 11.8 Å². The summed E-state index contributed by atoms with van der Waals surface area (Å²) in [5.74, 6) is 0.0964. The SMILES string of the molecule is CN(C)C(=O)Cc1ccc(NC(=O)CCCCCCN)cc1.Cl. The first-order valence-electron chi connectivity index (χ1n) is 7.82. The molecule has 0 aliphatic heterocycles. The van der Waals surface area contributed by atoms with Gasteiger partial charge in [0.25, 0.3) is 0 Å². The molecular weight excluding hydrogens is 314 g/mol. The maximum Gasteiger partial charge on any atom is 0.226 e. The number of hydrogen-bond acceptors (Lipinski definition) is 3. The van der Waals surface area contributed by atoms with Crippen molar-refractivity contribution in [2.75, 3.05) is 26.0 Å². The summed E-state index contributed by atoms with van der Waals surface area (Å²) in [4.78, 5) is 25.0. The van der Waals surface area contributed by atoms with Gasteiger partial charge in [-0.3, -0.25) is 9.59 Å². The highest BCUT2D eigenvalue weighted by molar-refractivity contribution is 5.90. The van der Waals surface area contributed by atoms with E-state index in [9.17, 15) is 9.59 Å². The number of nitrogens with zero attached hydrogens (tertiary/aromatic N) is 1. The molecule has 1 rings (SSSR count). The normalized spacial score (nSPS) is 9.87. The van der Waals surface area contributed by atoms with Crippen LogP contribution in [0.15, 0.2) is 24.3 Å². The summed E-state index contributed by atoms with van der Waals surface area (Å²) in [5.41, 5.74) is 7.14. The number of hydrogen-bond donors (Lipinski definition) is 2. The van der Waals surface area contributed by atoms with Gasteiger partial charge in [-0.1, -0.05) is 25.0 Å². The van der Waals surface area contributed by atoms with Gasteiger partial charge in [0.1, 0.15) is 0 Å². The Morgan fingerprint density at radius 2 is 1.65 bits per heavy atom. The van der Waals surface area contributed by atoms with Crippen LogP contribution in [0, 0.1) is 0 Å². The Morgan fingerprint density at radius 1 is 1.04 bits per heavy atom. The Morgan fingerprint density at radius 3 is 2.22 bits per heavy atom. The third-order valence-electron chi connectivity index (χ3n) is 3.45. The van der Waals surface area contributed by atoms with Gasteiger partial charge in [0, 0.05) is 26.2 Å². The molecule has 0 aromatic heterocycles. The topological polar surface area (TPSA) is 75.4 Å². The summed E-state index contributed by atoms with van der Waals surface area (Å²) in [7, 11) is 3.48. The minimum Gasteiger partial charge on any atom is -0.349 e. The molecule has 5 nitrogen and oxygen atoms in total. The van der Waals surface area contributed by atoms with Crippen LogP contribution in [0.4, 0.5) is 5.69 Å². The fourth-order valence-corrected chi connectivity index (χ4v) is 2.05. The second-order valence-corrected chi connectivity index (χ2v) is 5.66. The number of unbranched alkanes of at least 4 members (excludes halogenated alkanes) is 3. The number of amides is 2. The Bertz CT molecular complexity index is 475. The lowest BCUT2D eigenvalue weighted by atomic mass is 10.1. The molecule has 0 saturated heterocycles. The number of carbonyl (C=O) groups excluding carboxylic acids is 2. The quantitative estimate of drug-likeness (QED) is 0.678. The number of likely N-dealkylation sites (N-methyl/N-ethyl adjacent to an activating group) is 1. The van der Waals surface area contributed by atoms with Crippen molar-refractivity contribution in [3.8, 4) is 0 Å². The Kier molecular flexibility index (Phi) is 11.1. The lowest BCUT2D eigenvalue weighted by molar-refractivity contribution is -0.128. The molecule has 0 radical (unpaired) electrons. The molecule has 1 aromatic rings. The monoisotopic (exact) mass is 341 g/mol. The van der Waals surface area contributed by atoms with Crippen molar-refractivity contribution in [2.24, 2.45) is 5.73 Å². The van der Waals surface area contributed by atoms with Crippen LogP contribution in [0.2, 0.25) is 0 Å². The van der Waals surface area contributed by atoms with Gasteiger partial charge in [-0.25, -0.2) is 0 Å². The van der Waals surface area contributed by atoms with E-state index in [-0.39, 0.29) is 24.2 Å². The molecule has 0 spiro atoms. The molecule has 0 unspecified atom stereocenters. The molecule has 3 N–H and O–H groups in total. The van der Waals surface area contributed by atoms with E-state index in [0.29, 0.717) is 12.8 Å². The van der Waals surface area contributed by atoms with Crippen LogP contribution in [0.3, 0.4) is 0 Å². The smallest absolute Gasteiger partial charge is 0.226 e. The molecule has 6 heteroatoms. The summed E-state index contributed by atoms with van der Waals surface area (Å²) in [6, 6.07) is 7.42. The number of anilines is 1. The van der Waals surface area contributed by atoms with E-state index >= 15 is 0 Å². The first-order valence-corrected chi connectivity index (χ1v) is 7.82. The highest BCUT2D eigenvalue weighted by Gasteiger charge is 2.06. The molecule has 0 aliphatic carbocycles. The van der Waals surface area contributed by atoms with E-state index in [1.807, 2.05) is 24.3 Å². The van der Waals surface area contributed by atoms with Crippen molar-refractivity contribution < 1.29 is 9.59 Å². The van der Waals surface area contributed by atoms with Gasteiger partial charge in [-0.2, -0.15) is 0 Å². The zero-order valence-electron chi connectivity index (χ0n) is 14.0. The maximum absolute atomic E-state index is 11.8. The van der Waals surface area contributed by atoms with Gasteiger partial charge in [0.05, 0.1) is 6.42 Å². The van der Waals surface area contributed by atoms with E-state index in [4.69, 9.17) is 5.73 Å². The van der Waals surface area contributed by atoms with Crippen LogP contribution in [-0.2, 0) is 16.0 Å². The van der Waals surface area contributed by atoms with Crippen molar-refractivity contribution >= 4 is 29.9 Å². The molecule has 0 fully saturated rings. The van der Waals surface area contributed by atoms with E-state index in [1.54, 1.807) is 19.0 Å². The standard InChI is InChI=1S/C17H27N3O2.ClH/c1-20(2)17(22)13-14-8-10-15(11-9-14)19-16(21)7-5-3-4-6-12-18;/h8-11H,3-7,12-13,18H2,1-2H3,(H,19,21);1H. The van der Waals surface area contributed by atoms with E-state index in [1.165, 1.54) is 0 Å². The van der Waals surface area contributed by atoms with Crippen LogP contribution >= 0.6 is 12.4 Å². The van der Waals surface area contributed by atoms with Crippen molar-refractivity contribution in [2.45, 2.75) is 38.5 Å². The number of rotatable bonds is 9. The van der Waals surface area contributed by atoms with E-state index in [0.717, 1.165) is 43.5 Å². The molecule has 23 heavy (non-hydrogen) atoms. The summed E-state index contributed by atoms with van der Waals surface area (Å²) in [6.07, 6.45) is 4.94. The van der Waals surface area contributed by atoms with Crippen LogP contribution < -0.4 is 11.1 Å². The molecule has 130 valence electrons. The third-order valence-corrected chi connectivity index (χ3v) is 3.45. The average molecular weight is 342 g/mol. The van der Waals surface area contributed by atoms with Crippen LogP contribution in [0.5, 0.6) is 0 Å². The van der Waals surface area contributed by atoms with Crippen LogP contribution in [0.25, 0.3) is 0 Å². The lowest BCUT2D eigenvalue weighted by Gasteiger charge is -2.10. The minimum absolute atomic E-state index is 0. The molecule has 0 aliphatic rings.